The molecule has 1 atom stereocenters. The Kier molecular flexibility index (Phi) is 4.15. The number of ketones is 1. The van der Waals surface area contributed by atoms with Crippen molar-refractivity contribution in [3.63, 3.8) is 0 Å². The van der Waals surface area contributed by atoms with Gasteiger partial charge in [0, 0.05) is 17.4 Å². The van der Waals surface area contributed by atoms with E-state index in [1.807, 2.05) is 13.8 Å². The number of allylic oxidation sites excluding steroid dienone is 2. The highest BCUT2D eigenvalue weighted by atomic mass is 16.7. The van der Waals surface area contributed by atoms with E-state index in [0.717, 1.165) is 0 Å². The maximum Gasteiger partial charge on any atom is 0.218 e. The van der Waals surface area contributed by atoms with Crippen molar-refractivity contribution in [3.8, 4) is 0 Å². The molecule has 1 heterocycles. The second kappa shape index (κ2) is 5.27. The number of hydrogen-bond donors (Lipinski definition) is 2. The molecular weight excluding hydrogens is 284 g/mol. The molecule has 2 rings (SSSR count). The van der Waals surface area contributed by atoms with Gasteiger partial charge in [-0.15, -0.1) is 0 Å². The van der Waals surface area contributed by atoms with Crippen LogP contribution < -0.4 is 0 Å². The Labute approximate surface area is 131 Å². The molecule has 0 aromatic rings. The monoisotopic (exact) mass is 310 g/mol. The Balaban J connectivity index is 2.36. The zero-order chi connectivity index (χ0) is 16.8. The number of rotatable bonds is 2. The molecule has 5 nitrogen and oxygen atoms in total. The normalized spacial score (nSPS) is 31.6. The summed E-state index contributed by atoms with van der Waals surface area (Å²) in [6.45, 7) is 9.68. The second-order valence-electron chi connectivity index (χ2n) is 7.87. The fourth-order valence-electron chi connectivity index (χ4n) is 2.50. The molecule has 1 unspecified atom stereocenters. The summed E-state index contributed by atoms with van der Waals surface area (Å²) in [6.07, 6.45) is 4.55. The summed E-state index contributed by atoms with van der Waals surface area (Å²) < 4.78 is 11.7. The molecule has 1 saturated heterocycles. The van der Waals surface area contributed by atoms with Crippen LogP contribution in [0, 0.1) is 5.41 Å². The van der Waals surface area contributed by atoms with Crippen LogP contribution >= 0.6 is 0 Å². The smallest absolute Gasteiger partial charge is 0.218 e. The van der Waals surface area contributed by atoms with Crippen LogP contribution in [-0.4, -0.2) is 46.2 Å². The Morgan fingerprint density at radius 2 is 1.77 bits per heavy atom. The Morgan fingerprint density at radius 3 is 2.27 bits per heavy atom. The number of Topliss-reactive ketones (excluding diaryl/α,β-unsaturated/α-hetero) is 1. The number of aliphatic hydroxyl groups is 2. The Hall–Kier alpha value is -1.01. The minimum Gasteiger partial charge on any atom is -0.386 e. The van der Waals surface area contributed by atoms with Crippen LogP contribution in [0.15, 0.2) is 23.8 Å². The topological polar surface area (TPSA) is 76.0 Å². The zero-order valence-electron chi connectivity index (χ0n) is 14.0. The van der Waals surface area contributed by atoms with Crippen molar-refractivity contribution in [2.45, 2.75) is 58.0 Å². The minimum atomic E-state index is -1.42. The van der Waals surface area contributed by atoms with E-state index in [1.54, 1.807) is 26.8 Å². The van der Waals surface area contributed by atoms with Crippen molar-refractivity contribution < 1.29 is 24.5 Å². The summed E-state index contributed by atoms with van der Waals surface area (Å²) in [6, 6.07) is 0. The molecule has 5 heteroatoms. The van der Waals surface area contributed by atoms with Gasteiger partial charge in [-0.3, -0.25) is 4.79 Å². The number of carbonyl (C=O) groups is 1. The average molecular weight is 310 g/mol. The van der Waals surface area contributed by atoms with Gasteiger partial charge in [-0.05, 0) is 26.8 Å². The molecule has 1 fully saturated rings. The van der Waals surface area contributed by atoms with Crippen molar-refractivity contribution >= 4 is 5.78 Å². The maximum atomic E-state index is 12.2. The molecule has 0 bridgehead atoms. The van der Waals surface area contributed by atoms with Gasteiger partial charge in [0.1, 0.15) is 5.60 Å². The van der Waals surface area contributed by atoms with E-state index in [1.165, 1.54) is 12.2 Å². The summed E-state index contributed by atoms with van der Waals surface area (Å²) in [5.74, 6) is -1.52. The van der Waals surface area contributed by atoms with Gasteiger partial charge in [0.25, 0.3) is 0 Å². The van der Waals surface area contributed by atoms with Crippen LogP contribution in [0.25, 0.3) is 0 Å². The van der Waals surface area contributed by atoms with Gasteiger partial charge in [-0.2, -0.15) is 0 Å². The van der Waals surface area contributed by atoms with E-state index in [2.05, 4.69) is 0 Å². The molecular formula is C17H26O5. The number of ether oxygens (including phenoxy) is 2. The van der Waals surface area contributed by atoms with Gasteiger partial charge in [-0.25, -0.2) is 0 Å². The molecule has 0 amide bonds. The Bertz CT molecular complexity index is 510. The molecule has 124 valence electrons. The van der Waals surface area contributed by atoms with E-state index in [0.29, 0.717) is 18.8 Å². The number of carbonyl (C=O) groups excluding carboxylic acids is 1. The van der Waals surface area contributed by atoms with Gasteiger partial charge >= 0.3 is 0 Å². The van der Waals surface area contributed by atoms with Crippen molar-refractivity contribution in [3.05, 3.63) is 23.8 Å². The minimum absolute atomic E-state index is 0.0878. The highest BCUT2D eigenvalue weighted by molar-refractivity contribution is 6.00. The van der Waals surface area contributed by atoms with Crippen LogP contribution in [0.3, 0.4) is 0 Å². The molecule has 0 radical (unpaired) electrons. The highest BCUT2D eigenvalue weighted by Crippen LogP contribution is 2.43. The zero-order valence-corrected chi connectivity index (χ0v) is 14.0. The molecule has 1 spiro atoms. The third-order valence-corrected chi connectivity index (χ3v) is 3.95. The lowest BCUT2D eigenvalue weighted by Crippen LogP contribution is -2.62. The van der Waals surface area contributed by atoms with Gasteiger partial charge in [0.15, 0.2) is 5.78 Å². The Morgan fingerprint density at radius 1 is 1.23 bits per heavy atom. The van der Waals surface area contributed by atoms with E-state index >= 15 is 0 Å². The largest absolute Gasteiger partial charge is 0.386 e. The average Bonchev–Trinajstić information content (AvgIpc) is 2.33. The second-order valence-corrected chi connectivity index (χ2v) is 7.87. The fraction of sp³-hybridized carbons (Fsp3) is 0.706. The van der Waals surface area contributed by atoms with Crippen molar-refractivity contribution in [1.82, 2.24) is 0 Å². The molecule has 1 aliphatic heterocycles. The lowest BCUT2D eigenvalue weighted by molar-refractivity contribution is -0.335. The first-order valence-electron chi connectivity index (χ1n) is 7.54. The van der Waals surface area contributed by atoms with Crippen LogP contribution in [0.1, 0.15) is 41.0 Å². The molecule has 0 saturated carbocycles. The van der Waals surface area contributed by atoms with E-state index < -0.39 is 17.0 Å². The van der Waals surface area contributed by atoms with Crippen LogP contribution in [0.5, 0.6) is 0 Å². The first kappa shape index (κ1) is 17.3. The van der Waals surface area contributed by atoms with Crippen LogP contribution in [0.2, 0.25) is 0 Å². The van der Waals surface area contributed by atoms with E-state index in [9.17, 15) is 15.0 Å². The van der Waals surface area contributed by atoms with E-state index in [4.69, 9.17) is 9.47 Å². The SMILES string of the molecule is CC(C)(O)/C=C/C1=CC2(OCC(C)(C)CO2)C(C)(O)CC1=O. The quantitative estimate of drug-likeness (QED) is 0.812. The lowest BCUT2D eigenvalue weighted by Gasteiger charge is -2.50. The van der Waals surface area contributed by atoms with Gasteiger partial charge < -0.3 is 19.7 Å². The standard InChI is InChI=1S/C17H26O5/c1-14(2)10-21-17(22-11-14)8-12(6-7-15(3,4)19)13(18)9-16(17,5)20/h6-8,19-20H,9-11H2,1-5H3/b7-6+. The summed E-state index contributed by atoms with van der Waals surface area (Å²) >= 11 is 0. The van der Waals surface area contributed by atoms with Crippen molar-refractivity contribution in [1.29, 1.82) is 0 Å². The summed E-state index contributed by atoms with van der Waals surface area (Å²) in [4.78, 5) is 12.2. The fourth-order valence-corrected chi connectivity index (χ4v) is 2.50. The van der Waals surface area contributed by atoms with Crippen LogP contribution in [-0.2, 0) is 14.3 Å². The summed E-state index contributed by atoms with van der Waals surface area (Å²) in [5.41, 5.74) is -2.20. The molecule has 1 aliphatic carbocycles. The molecule has 0 aromatic heterocycles. The lowest BCUT2D eigenvalue weighted by atomic mass is 9.79. The van der Waals surface area contributed by atoms with Gasteiger partial charge in [0.05, 0.1) is 18.8 Å². The maximum absolute atomic E-state index is 12.2. The van der Waals surface area contributed by atoms with E-state index in [-0.39, 0.29) is 17.6 Å². The molecule has 2 aliphatic rings. The molecule has 0 aromatic carbocycles. The van der Waals surface area contributed by atoms with Gasteiger partial charge in [-0.1, -0.05) is 26.0 Å². The highest BCUT2D eigenvalue weighted by Gasteiger charge is 2.55. The third kappa shape index (κ3) is 3.49. The first-order valence-corrected chi connectivity index (χ1v) is 7.54. The number of hydrogen-bond acceptors (Lipinski definition) is 5. The van der Waals surface area contributed by atoms with Crippen molar-refractivity contribution in [2.75, 3.05) is 13.2 Å². The third-order valence-electron chi connectivity index (χ3n) is 3.95. The predicted molar refractivity (Wildman–Crippen MR) is 82.2 cm³/mol. The van der Waals surface area contributed by atoms with Gasteiger partial charge in [0.2, 0.25) is 5.79 Å². The molecule has 22 heavy (non-hydrogen) atoms. The summed E-state index contributed by atoms with van der Waals surface area (Å²) in [5, 5.41) is 20.4. The first-order chi connectivity index (χ1) is 9.86. The molecule has 2 N–H and O–H groups in total. The van der Waals surface area contributed by atoms with Crippen LogP contribution in [0.4, 0.5) is 0 Å². The van der Waals surface area contributed by atoms with Crippen molar-refractivity contribution in [2.24, 2.45) is 5.41 Å². The predicted octanol–water partition coefficient (Wildman–Crippen LogP) is 1.73. The summed E-state index contributed by atoms with van der Waals surface area (Å²) in [7, 11) is 0.